The van der Waals surface area contributed by atoms with Gasteiger partial charge < -0.3 is 0 Å². The second kappa shape index (κ2) is 5.88. The van der Waals surface area contributed by atoms with Crippen LogP contribution in [0.3, 0.4) is 0 Å². The summed E-state index contributed by atoms with van der Waals surface area (Å²) in [5, 5.41) is 6.38. The fourth-order valence-corrected chi connectivity index (χ4v) is 3.41. The predicted molar refractivity (Wildman–Crippen MR) is 92.3 cm³/mol. The summed E-state index contributed by atoms with van der Waals surface area (Å²) in [6.45, 7) is 0. The molecule has 0 fully saturated rings. The van der Waals surface area contributed by atoms with Crippen molar-refractivity contribution in [1.29, 1.82) is 0 Å². The topological polar surface area (TPSA) is 78.0 Å². The maximum atomic E-state index is 12.2. The van der Waals surface area contributed by atoms with Crippen molar-refractivity contribution in [2.45, 2.75) is 10.8 Å². The van der Waals surface area contributed by atoms with Gasteiger partial charge in [-0.25, -0.2) is 15.0 Å². The summed E-state index contributed by atoms with van der Waals surface area (Å²) >= 11 is 7.41. The van der Waals surface area contributed by atoms with Crippen LogP contribution in [0.4, 0.5) is 0 Å². The van der Waals surface area contributed by atoms with E-state index in [9.17, 15) is 4.79 Å². The van der Waals surface area contributed by atoms with Gasteiger partial charge in [0.05, 0.1) is 22.3 Å². The lowest BCUT2D eigenvalue weighted by Crippen LogP contribution is -2.15. The van der Waals surface area contributed by atoms with Crippen molar-refractivity contribution in [2.75, 3.05) is 0 Å². The minimum Gasteiger partial charge on any atom is -0.269 e. The molecule has 4 heterocycles. The lowest BCUT2D eigenvalue weighted by molar-refractivity contribution is 0.784. The molecule has 0 unspecified atom stereocenters. The molecule has 0 radical (unpaired) electrons. The Kier molecular flexibility index (Phi) is 3.70. The number of rotatable bonds is 3. The van der Waals surface area contributed by atoms with E-state index in [0.717, 1.165) is 16.1 Å². The highest BCUT2D eigenvalue weighted by molar-refractivity contribution is 7.98. The fraction of sp³-hybridized carbons (Fsp3) is 0.133. The molecule has 0 amide bonds. The molecule has 4 aromatic heterocycles. The largest absolute Gasteiger partial charge is 0.269 e. The van der Waals surface area contributed by atoms with Crippen LogP contribution in [-0.4, -0.2) is 29.1 Å². The molecule has 0 aliphatic carbocycles. The molecule has 0 aliphatic heterocycles. The van der Waals surface area contributed by atoms with Crippen LogP contribution in [0.15, 0.2) is 46.7 Å². The van der Waals surface area contributed by atoms with Gasteiger partial charge in [-0.2, -0.15) is 5.10 Å². The number of aromatic nitrogens is 6. The molecule has 0 bridgehead atoms. The number of hydrogen-bond acceptors (Lipinski definition) is 6. The minimum atomic E-state index is -0.160. The summed E-state index contributed by atoms with van der Waals surface area (Å²) in [6, 6.07) is 4.95. The van der Waals surface area contributed by atoms with Crippen LogP contribution in [-0.2, 0) is 12.8 Å². The monoisotopic (exact) mass is 358 g/mol. The zero-order valence-corrected chi connectivity index (χ0v) is 14.1. The van der Waals surface area contributed by atoms with Crippen LogP contribution in [0.5, 0.6) is 0 Å². The van der Waals surface area contributed by atoms with E-state index in [1.165, 1.54) is 28.6 Å². The summed E-state index contributed by atoms with van der Waals surface area (Å²) in [4.78, 5) is 25.2. The number of fused-ring (bicyclic) bond motifs is 2. The number of halogens is 1. The van der Waals surface area contributed by atoms with E-state index in [-0.39, 0.29) is 5.56 Å². The van der Waals surface area contributed by atoms with Crippen LogP contribution in [0.25, 0.3) is 16.7 Å². The Labute approximate surface area is 145 Å². The van der Waals surface area contributed by atoms with E-state index in [1.807, 2.05) is 7.05 Å². The number of thioether (sulfide) groups is 1. The first-order chi connectivity index (χ1) is 11.6. The number of nitrogens with zero attached hydrogens (tertiary/aromatic N) is 6. The average Bonchev–Trinajstić information content (AvgIpc) is 2.96. The fourth-order valence-electron chi connectivity index (χ4n) is 2.40. The van der Waals surface area contributed by atoms with Crippen LogP contribution in [0.2, 0.25) is 5.02 Å². The molecule has 0 aromatic carbocycles. The van der Waals surface area contributed by atoms with Gasteiger partial charge in [-0.05, 0) is 12.1 Å². The summed E-state index contributed by atoms with van der Waals surface area (Å²) in [6.07, 6.45) is 4.81. The summed E-state index contributed by atoms with van der Waals surface area (Å²) in [5.41, 5.74) is 1.86. The lowest BCUT2D eigenvalue weighted by atomic mass is 10.4. The average molecular weight is 359 g/mol. The van der Waals surface area contributed by atoms with Gasteiger partial charge in [0.15, 0.2) is 5.65 Å². The second-order valence-electron chi connectivity index (χ2n) is 5.13. The Morgan fingerprint density at radius 1 is 1.29 bits per heavy atom. The van der Waals surface area contributed by atoms with Crippen molar-refractivity contribution in [3.63, 3.8) is 0 Å². The zero-order chi connectivity index (χ0) is 16.7. The standard InChI is InChI=1S/C15H11ClN6OS/c1-21-14-11(5-19-21)15(18-8-17-14)24-7-10-4-13(23)22-6-9(16)2-3-12(22)20-10/h2-6,8H,7H2,1H3. The Morgan fingerprint density at radius 2 is 2.17 bits per heavy atom. The van der Waals surface area contributed by atoms with Crippen LogP contribution in [0, 0.1) is 0 Å². The summed E-state index contributed by atoms with van der Waals surface area (Å²) in [5.74, 6) is 0.523. The molecule has 4 rings (SSSR count). The number of hydrogen-bond donors (Lipinski definition) is 0. The maximum Gasteiger partial charge on any atom is 0.258 e. The van der Waals surface area contributed by atoms with Gasteiger partial charge in [0.2, 0.25) is 0 Å². The molecule has 0 aliphatic rings. The molecule has 7 nitrogen and oxygen atoms in total. The first-order valence-electron chi connectivity index (χ1n) is 7.05. The van der Waals surface area contributed by atoms with Crippen molar-refractivity contribution < 1.29 is 0 Å². The third-order valence-corrected chi connectivity index (χ3v) is 4.79. The summed E-state index contributed by atoms with van der Waals surface area (Å²) in [7, 11) is 1.83. The Morgan fingerprint density at radius 3 is 3.04 bits per heavy atom. The Balaban J connectivity index is 1.67. The van der Waals surface area contributed by atoms with Crippen LogP contribution in [0.1, 0.15) is 5.69 Å². The van der Waals surface area contributed by atoms with E-state index >= 15 is 0 Å². The molecule has 4 aromatic rings. The maximum absolute atomic E-state index is 12.2. The molecule has 9 heteroatoms. The number of aryl methyl sites for hydroxylation is 1. The highest BCUT2D eigenvalue weighted by atomic mass is 35.5. The molecule has 120 valence electrons. The minimum absolute atomic E-state index is 0.160. The van der Waals surface area contributed by atoms with Crippen molar-refractivity contribution in [2.24, 2.45) is 7.05 Å². The Hall–Kier alpha value is -2.45. The first-order valence-corrected chi connectivity index (χ1v) is 8.41. The van der Waals surface area contributed by atoms with E-state index in [1.54, 1.807) is 29.2 Å². The molecule has 0 saturated heterocycles. The quantitative estimate of drug-likeness (QED) is 0.413. The van der Waals surface area contributed by atoms with Crippen molar-refractivity contribution in [1.82, 2.24) is 29.1 Å². The Bertz CT molecular complexity index is 1120. The SMILES string of the molecule is Cn1ncc2c(SCc3cc(=O)n4cc(Cl)ccc4n3)ncnc21. The smallest absolute Gasteiger partial charge is 0.258 e. The highest BCUT2D eigenvalue weighted by Crippen LogP contribution is 2.26. The van der Waals surface area contributed by atoms with Crippen LogP contribution >= 0.6 is 23.4 Å². The van der Waals surface area contributed by atoms with Gasteiger partial charge >= 0.3 is 0 Å². The second-order valence-corrected chi connectivity index (χ2v) is 6.53. The van der Waals surface area contributed by atoms with Gasteiger partial charge in [-0.15, -0.1) is 0 Å². The predicted octanol–water partition coefficient (Wildman–Crippen LogP) is 2.32. The third kappa shape index (κ3) is 2.63. The van der Waals surface area contributed by atoms with Crippen molar-refractivity contribution in [3.8, 4) is 0 Å². The van der Waals surface area contributed by atoms with Crippen LogP contribution < -0.4 is 5.56 Å². The van der Waals surface area contributed by atoms with E-state index in [2.05, 4.69) is 20.1 Å². The number of pyridine rings is 1. The first kappa shape index (κ1) is 15.1. The zero-order valence-electron chi connectivity index (χ0n) is 12.5. The molecule has 0 spiro atoms. The van der Waals surface area contributed by atoms with E-state index in [4.69, 9.17) is 11.6 Å². The molecule has 24 heavy (non-hydrogen) atoms. The molecule has 0 N–H and O–H groups in total. The van der Waals surface area contributed by atoms with E-state index in [0.29, 0.717) is 22.1 Å². The van der Waals surface area contributed by atoms with Gasteiger partial charge in [0.1, 0.15) is 17.0 Å². The summed E-state index contributed by atoms with van der Waals surface area (Å²) < 4.78 is 3.13. The molecule has 0 saturated carbocycles. The highest BCUT2D eigenvalue weighted by Gasteiger charge is 2.10. The molecular weight excluding hydrogens is 348 g/mol. The van der Waals surface area contributed by atoms with Gasteiger partial charge in [0.25, 0.3) is 5.56 Å². The van der Waals surface area contributed by atoms with E-state index < -0.39 is 0 Å². The van der Waals surface area contributed by atoms with Gasteiger partial charge in [-0.3, -0.25) is 13.9 Å². The van der Waals surface area contributed by atoms with Gasteiger partial charge in [0, 0.05) is 25.1 Å². The molecule has 0 atom stereocenters. The lowest BCUT2D eigenvalue weighted by Gasteiger charge is -2.05. The third-order valence-electron chi connectivity index (χ3n) is 3.53. The normalized spacial score (nSPS) is 11.4. The van der Waals surface area contributed by atoms with Gasteiger partial charge in [-0.1, -0.05) is 23.4 Å². The van der Waals surface area contributed by atoms with Crippen molar-refractivity contribution in [3.05, 3.63) is 58.0 Å². The molecular formula is C15H11ClN6OS. The van der Waals surface area contributed by atoms with Crippen molar-refractivity contribution >= 4 is 40.0 Å².